The van der Waals surface area contributed by atoms with Gasteiger partial charge < -0.3 is 0 Å². The molecule has 0 spiro atoms. The van der Waals surface area contributed by atoms with Crippen molar-refractivity contribution in [1.29, 1.82) is 0 Å². The van der Waals surface area contributed by atoms with E-state index in [0.717, 1.165) is 12.8 Å². The van der Waals surface area contributed by atoms with E-state index in [-0.39, 0.29) is 5.38 Å². The Bertz CT molecular complexity index is 362. The molecular formula is C13H15Cl3. The summed E-state index contributed by atoms with van der Waals surface area (Å²) >= 11 is 18.4. The minimum Gasteiger partial charge on any atom is -0.122 e. The van der Waals surface area contributed by atoms with Crippen LogP contribution in [0.2, 0.25) is 10.0 Å². The first-order valence-electron chi connectivity index (χ1n) is 5.77. The van der Waals surface area contributed by atoms with Gasteiger partial charge in [0.1, 0.15) is 0 Å². The molecule has 0 amide bonds. The summed E-state index contributed by atoms with van der Waals surface area (Å²) in [6.45, 7) is 0. The van der Waals surface area contributed by atoms with Crippen molar-refractivity contribution < 1.29 is 0 Å². The van der Waals surface area contributed by atoms with Crippen LogP contribution < -0.4 is 0 Å². The molecule has 1 aliphatic carbocycles. The predicted molar refractivity (Wildman–Crippen MR) is 71.9 cm³/mol. The Morgan fingerprint density at radius 3 is 2.44 bits per heavy atom. The summed E-state index contributed by atoms with van der Waals surface area (Å²) in [6, 6.07) is 5.89. The summed E-state index contributed by atoms with van der Waals surface area (Å²) in [5, 5.41) is 1.48. The molecule has 0 N–H and O–H groups in total. The maximum Gasteiger partial charge on any atom is 0.0595 e. The van der Waals surface area contributed by atoms with Crippen molar-refractivity contribution in [2.75, 3.05) is 0 Å². The number of rotatable bonds is 1. The van der Waals surface area contributed by atoms with Gasteiger partial charge in [0.25, 0.3) is 0 Å². The first kappa shape index (κ1) is 12.5. The van der Waals surface area contributed by atoms with E-state index < -0.39 is 0 Å². The molecule has 0 saturated heterocycles. The van der Waals surface area contributed by atoms with E-state index in [9.17, 15) is 0 Å². The van der Waals surface area contributed by atoms with Gasteiger partial charge in [0.15, 0.2) is 0 Å². The lowest BCUT2D eigenvalue weighted by molar-refractivity contribution is 0.600. The highest BCUT2D eigenvalue weighted by molar-refractivity contribution is 6.42. The first-order valence-corrected chi connectivity index (χ1v) is 6.97. The highest BCUT2D eigenvalue weighted by Crippen LogP contribution is 2.37. The summed E-state index contributed by atoms with van der Waals surface area (Å²) < 4.78 is 0. The van der Waals surface area contributed by atoms with Crippen LogP contribution in [-0.4, -0.2) is 5.38 Å². The summed E-state index contributed by atoms with van der Waals surface area (Å²) in [5.41, 5.74) is 1.23. The van der Waals surface area contributed by atoms with Crippen molar-refractivity contribution in [3.63, 3.8) is 0 Å². The van der Waals surface area contributed by atoms with Crippen molar-refractivity contribution in [2.45, 2.75) is 43.4 Å². The van der Waals surface area contributed by atoms with Crippen LogP contribution in [-0.2, 0) is 0 Å². The Morgan fingerprint density at radius 2 is 1.69 bits per heavy atom. The fourth-order valence-corrected chi connectivity index (χ4v) is 3.11. The molecule has 0 heterocycles. The van der Waals surface area contributed by atoms with E-state index in [1.165, 1.54) is 24.8 Å². The summed E-state index contributed by atoms with van der Waals surface area (Å²) in [6.07, 6.45) is 6.06. The van der Waals surface area contributed by atoms with Gasteiger partial charge >= 0.3 is 0 Å². The molecule has 2 atom stereocenters. The monoisotopic (exact) mass is 276 g/mol. The van der Waals surface area contributed by atoms with Gasteiger partial charge in [0.2, 0.25) is 0 Å². The molecule has 1 fully saturated rings. The maximum absolute atomic E-state index is 6.44. The smallest absolute Gasteiger partial charge is 0.0595 e. The van der Waals surface area contributed by atoms with Crippen molar-refractivity contribution in [1.82, 2.24) is 0 Å². The number of hydrogen-bond acceptors (Lipinski definition) is 0. The third kappa shape index (κ3) is 2.85. The second-order valence-corrected chi connectivity index (χ2v) is 5.81. The van der Waals surface area contributed by atoms with Crippen molar-refractivity contribution in [3.8, 4) is 0 Å². The zero-order valence-corrected chi connectivity index (χ0v) is 11.3. The Kier molecular flexibility index (Phi) is 4.41. The number of alkyl halides is 1. The second-order valence-electron chi connectivity index (χ2n) is 4.43. The van der Waals surface area contributed by atoms with E-state index in [2.05, 4.69) is 6.07 Å². The molecule has 16 heavy (non-hydrogen) atoms. The molecule has 0 aromatic heterocycles. The molecule has 2 unspecified atom stereocenters. The first-order chi connectivity index (χ1) is 7.68. The largest absolute Gasteiger partial charge is 0.122 e. The Balaban J connectivity index is 2.23. The number of halogens is 3. The molecule has 1 saturated carbocycles. The van der Waals surface area contributed by atoms with Gasteiger partial charge in [0.05, 0.1) is 10.0 Å². The molecule has 0 aliphatic heterocycles. The standard InChI is InChI=1S/C13H15Cl3/c14-11-5-3-1-2-4-10(11)9-6-7-12(15)13(16)8-9/h6-8,10-11H,1-5H2. The van der Waals surface area contributed by atoms with Crippen molar-refractivity contribution in [2.24, 2.45) is 0 Å². The second kappa shape index (κ2) is 5.62. The lowest BCUT2D eigenvalue weighted by Gasteiger charge is -2.20. The summed E-state index contributed by atoms with van der Waals surface area (Å²) in [4.78, 5) is 0. The maximum atomic E-state index is 6.44. The summed E-state index contributed by atoms with van der Waals surface area (Å²) in [5.74, 6) is 0.430. The van der Waals surface area contributed by atoms with Gasteiger partial charge in [0, 0.05) is 11.3 Å². The fourth-order valence-electron chi connectivity index (χ4n) is 2.38. The Labute approximate surface area is 112 Å². The van der Waals surface area contributed by atoms with Crippen LogP contribution in [0.5, 0.6) is 0 Å². The molecule has 88 valence electrons. The van der Waals surface area contributed by atoms with Gasteiger partial charge in [-0.15, -0.1) is 11.6 Å². The van der Waals surface area contributed by atoms with E-state index in [4.69, 9.17) is 34.8 Å². The molecule has 3 heteroatoms. The Morgan fingerprint density at radius 1 is 0.938 bits per heavy atom. The van der Waals surface area contributed by atoms with Crippen molar-refractivity contribution in [3.05, 3.63) is 33.8 Å². The quantitative estimate of drug-likeness (QED) is 0.460. The lowest BCUT2D eigenvalue weighted by Crippen LogP contribution is -2.11. The van der Waals surface area contributed by atoms with E-state index in [0.29, 0.717) is 16.0 Å². The third-order valence-corrected chi connectivity index (χ3v) is 4.56. The van der Waals surface area contributed by atoms with Crippen LogP contribution in [0.4, 0.5) is 0 Å². The molecule has 0 radical (unpaired) electrons. The van der Waals surface area contributed by atoms with Gasteiger partial charge in [-0.2, -0.15) is 0 Å². The van der Waals surface area contributed by atoms with Crippen molar-refractivity contribution >= 4 is 34.8 Å². The van der Waals surface area contributed by atoms with Crippen LogP contribution in [0.3, 0.4) is 0 Å². The van der Waals surface area contributed by atoms with Crippen LogP contribution in [0.15, 0.2) is 18.2 Å². The Hall–Kier alpha value is 0.0900. The molecule has 1 aromatic carbocycles. The average Bonchev–Trinajstić information content (AvgIpc) is 2.47. The topological polar surface area (TPSA) is 0 Å². The molecule has 1 aliphatic rings. The molecule has 2 rings (SSSR count). The molecule has 0 bridgehead atoms. The van der Waals surface area contributed by atoms with E-state index in [1.54, 1.807) is 0 Å². The SMILES string of the molecule is Clc1ccc(C2CCCCCC2Cl)cc1Cl. The van der Waals surface area contributed by atoms with Gasteiger partial charge in [-0.3, -0.25) is 0 Å². The average molecular weight is 278 g/mol. The van der Waals surface area contributed by atoms with Crippen LogP contribution in [0.25, 0.3) is 0 Å². The van der Waals surface area contributed by atoms with E-state index in [1.807, 2.05) is 12.1 Å². The van der Waals surface area contributed by atoms with Crippen LogP contribution in [0.1, 0.15) is 43.6 Å². The minimum atomic E-state index is 0.236. The van der Waals surface area contributed by atoms with Crippen LogP contribution in [0, 0.1) is 0 Å². The van der Waals surface area contributed by atoms with E-state index >= 15 is 0 Å². The molecule has 1 aromatic rings. The lowest BCUT2D eigenvalue weighted by atomic mass is 9.91. The van der Waals surface area contributed by atoms with Gasteiger partial charge in [-0.1, -0.05) is 48.5 Å². The van der Waals surface area contributed by atoms with Gasteiger partial charge in [-0.25, -0.2) is 0 Å². The zero-order chi connectivity index (χ0) is 11.5. The zero-order valence-electron chi connectivity index (χ0n) is 9.06. The molecular weight excluding hydrogens is 263 g/mol. The highest BCUT2D eigenvalue weighted by atomic mass is 35.5. The number of benzene rings is 1. The predicted octanol–water partition coefficient (Wildman–Crippen LogP) is 5.65. The third-order valence-electron chi connectivity index (χ3n) is 3.30. The normalized spacial score (nSPS) is 26.4. The minimum absolute atomic E-state index is 0.236. The summed E-state index contributed by atoms with van der Waals surface area (Å²) in [7, 11) is 0. The van der Waals surface area contributed by atoms with Gasteiger partial charge in [-0.05, 0) is 30.5 Å². The highest BCUT2D eigenvalue weighted by Gasteiger charge is 2.23. The number of hydrogen-bond donors (Lipinski definition) is 0. The fraction of sp³-hybridized carbons (Fsp3) is 0.538. The van der Waals surface area contributed by atoms with Crippen LogP contribution >= 0.6 is 34.8 Å². The molecule has 0 nitrogen and oxygen atoms in total.